The molecule has 2 rings (SSSR count). The number of carboxylic acids is 1. The molecule has 112 valence electrons. The van der Waals surface area contributed by atoms with Crippen molar-refractivity contribution in [1.82, 2.24) is 5.32 Å². The number of aromatic carboxylic acids is 1. The van der Waals surface area contributed by atoms with Crippen LogP contribution in [0.2, 0.25) is 0 Å². The Labute approximate surface area is 130 Å². The Morgan fingerprint density at radius 3 is 2.41 bits per heavy atom. The number of nitrogens with one attached hydrogen (secondary N) is 2. The minimum absolute atomic E-state index is 0.0238. The van der Waals surface area contributed by atoms with Crippen molar-refractivity contribution in [2.24, 2.45) is 0 Å². The van der Waals surface area contributed by atoms with Gasteiger partial charge in [0.25, 0.3) is 5.91 Å². The highest BCUT2D eigenvalue weighted by molar-refractivity contribution is 7.80. The van der Waals surface area contributed by atoms with Gasteiger partial charge in [-0.15, -0.1) is 0 Å². The number of carbonyl (C=O) groups excluding carboxylic acids is 2. The van der Waals surface area contributed by atoms with Crippen molar-refractivity contribution >= 4 is 34.9 Å². The lowest BCUT2D eigenvalue weighted by atomic mass is 10.2. The van der Waals surface area contributed by atoms with E-state index in [9.17, 15) is 19.1 Å². The third kappa shape index (κ3) is 4.10. The fourth-order valence-electron chi connectivity index (χ4n) is 1.69. The summed E-state index contributed by atoms with van der Waals surface area (Å²) < 4.78 is 13.0. The molecule has 0 fully saturated rings. The number of hydrogen-bond acceptors (Lipinski definition) is 4. The van der Waals surface area contributed by atoms with Gasteiger partial charge in [0.05, 0.1) is 5.97 Å². The average molecular weight is 317 g/mol. The predicted octanol–water partition coefficient (Wildman–Crippen LogP) is 1.32. The maximum Gasteiger partial charge on any atom is 0.257 e. The first-order valence-electron chi connectivity index (χ1n) is 6.15. The summed E-state index contributed by atoms with van der Waals surface area (Å²) in [5, 5.41) is 15.8. The summed E-state index contributed by atoms with van der Waals surface area (Å²) in [4.78, 5) is 22.6. The molecule has 0 aliphatic carbocycles. The minimum atomic E-state index is -1.32. The van der Waals surface area contributed by atoms with Crippen LogP contribution in [-0.2, 0) is 0 Å². The summed E-state index contributed by atoms with van der Waals surface area (Å²) in [5.74, 6) is -2.43. The van der Waals surface area contributed by atoms with Crippen molar-refractivity contribution in [2.45, 2.75) is 0 Å². The molecule has 0 aromatic heterocycles. The van der Waals surface area contributed by atoms with Crippen LogP contribution in [0, 0.1) is 5.82 Å². The number of carboxylic acid groups (broad SMARTS) is 1. The second-order valence-corrected chi connectivity index (χ2v) is 4.70. The predicted molar refractivity (Wildman–Crippen MR) is 80.9 cm³/mol. The molecule has 0 aliphatic heterocycles. The highest BCUT2D eigenvalue weighted by Crippen LogP contribution is 2.10. The number of amides is 1. The van der Waals surface area contributed by atoms with Crippen molar-refractivity contribution in [2.75, 3.05) is 5.32 Å². The molecule has 0 bridgehead atoms. The molecule has 1 amide bonds. The normalized spacial score (nSPS) is 9.86. The van der Waals surface area contributed by atoms with E-state index in [1.165, 1.54) is 36.4 Å². The largest absolute Gasteiger partial charge is 0.545 e. The zero-order chi connectivity index (χ0) is 16.1. The summed E-state index contributed by atoms with van der Waals surface area (Å²) in [5.41, 5.74) is 0.475. The van der Waals surface area contributed by atoms with Gasteiger partial charge in [-0.25, -0.2) is 4.39 Å². The van der Waals surface area contributed by atoms with E-state index in [1.807, 2.05) is 0 Å². The van der Waals surface area contributed by atoms with Crippen LogP contribution in [0.3, 0.4) is 0 Å². The highest BCUT2D eigenvalue weighted by Gasteiger charge is 2.09. The number of benzene rings is 2. The lowest BCUT2D eigenvalue weighted by molar-refractivity contribution is -0.255. The van der Waals surface area contributed by atoms with Crippen LogP contribution in [0.5, 0.6) is 0 Å². The maximum absolute atomic E-state index is 13.0. The molecule has 22 heavy (non-hydrogen) atoms. The van der Waals surface area contributed by atoms with Crippen LogP contribution in [0.25, 0.3) is 0 Å². The molecule has 2 aromatic rings. The Hall–Kier alpha value is -2.80. The second-order valence-electron chi connectivity index (χ2n) is 4.29. The van der Waals surface area contributed by atoms with Crippen molar-refractivity contribution in [3.05, 3.63) is 65.5 Å². The third-order valence-electron chi connectivity index (χ3n) is 2.67. The average Bonchev–Trinajstić information content (AvgIpc) is 2.47. The molecular weight excluding hydrogens is 307 g/mol. The van der Waals surface area contributed by atoms with E-state index in [4.69, 9.17) is 12.2 Å². The number of rotatable bonds is 3. The summed E-state index contributed by atoms with van der Waals surface area (Å²) in [6.07, 6.45) is 0. The van der Waals surface area contributed by atoms with Crippen molar-refractivity contribution in [1.29, 1.82) is 0 Å². The Bertz CT molecular complexity index is 749. The van der Waals surface area contributed by atoms with E-state index >= 15 is 0 Å². The molecule has 0 saturated heterocycles. The van der Waals surface area contributed by atoms with Crippen LogP contribution in [0.1, 0.15) is 20.7 Å². The SMILES string of the molecule is O=C([O-])c1cccc(NC(=S)NC(=O)c2cccc(F)c2)c1. The van der Waals surface area contributed by atoms with Gasteiger partial charge in [0.1, 0.15) is 5.82 Å². The maximum atomic E-state index is 13.0. The molecule has 0 radical (unpaired) electrons. The standard InChI is InChI=1S/C15H11FN2O3S/c16-11-5-1-3-9(7-11)13(19)18-15(22)17-12-6-2-4-10(8-12)14(20)21/h1-8H,(H,20,21)(H2,17,18,19,22)/p-1. The first-order valence-corrected chi connectivity index (χ1v) is 6.56. The molecule has 0 heterocycles. The van der Waals surface area contributed by atoms with Gasteiger partial charge in [-0.05, 0) is 48.1 Å². The number of hydrogen-bond donors (Lipinski definition) is 2. The summed E-state index contributed by atoms with van der Waals surface area (Å²) in [6.45, 7) is 0. The molecule has 2 aromatic carbocycles. The van der Waals surface area contributed by atoms with E-state index < -0.39 is 17.7 Å². The summed E-state index contributed by atoms with van der Waals surface area (Å²) in [7, 11) is 0. The quantitative estimate of drug-likeness (QED) is 0.835. The van der Waals surface area contributed by atoms with Crippen LogP contribution >= 0.6 is 12.2 Å². The monoisotopic (exact) mass is 317 g/mol. The van der Waals surface area contributed by atoms with Gasteiger partial charge < -0.3 is 15.2 Å². The Kier molecular flexibility index (Phi) is 4.80. The van der Waals surface area contributed by atoms with Crippen LogP contribution in [0.4, 0.5) is 10.1 Å². The molecule has 0 atom stereocenters. The molecule has 0 spiro atoms. The van der Waals surface area contributed by atoms with Crippen molar-refractivity contribution in [3.63, 3.8) is 0 Å². The zero-order valence-corrected chi connectivity index (χ0v) is 11.9. The zero-order valence-electron chi connectivity index (χ0n) is 11.1. The van der Waals surface area contributed by atoms with Gasteiger partial charge in [-0.2, -0.15) is 0 Å². The minimum Gasteiger partial charge on any atom is -0.545 e. The third-order valence-corrected chi connectivity index (χ3v) is 2.87. The number of halogens is 1. The molecular formula is C15H10FN2O3S-. The van der Waals surface area contributed by atoms with Gasteiger partial charge in [-0.1, -0.05) is 18.2 Å². The summed E-state index contributed by atoms with van der Waals surface area (Å²) >= 11 is 4.95. The van der Waals surface area contributed by atoms with Gasteiger partial charge in [0, 0.05) is 11.3 Å². The van der Waals surface area contributed by atoms with Gasteiger partial charge >= 0.3 is 0 Å². The molecule has 0 saturated carbocycles. The molecule has 0 aliphatic rings. The molecule has 2 N–H and O–H groups in total. The fraction of sp³-hybridized carbons (Fsp3) is 0. The van der Waals surface area contributed by atoms with E-state index in [1.54, 1.807) is 6.07 Å². The van der Waals surface area contributed by atoms with Gasteiger partial charge in [-0.3, -0.25) is 10.1 Å². The first-order chi connectivity index (χ1) is 10.5. The van der Waals surface area contributed by atoms with E-state index in [0.29, 0.717) is 5.69 Å². The second kappa shape index (κ2) is 6.77. The smallest absolute Gasteiger partial charge is 0.257 e. The van der Waals surface area contributed by atoms with Crippen molar-refractivity contribution < 1.29 is 19.1 Å². The van der Waals surface area contributed by atoms with E-state index in [2.05, 4.69) is 10.6 Å². The highest BCUT2D eigenvalue weighted by atomic mass is 32.1. The van der Waals surface area contributed by atoms with Crippen LogP contribution < -0.4 is 15.7 Å². The Balaban J connectivity index is 2.02. The number of carbonyl (C=O) groups is 2. The molecule has 0 unspecified atom stereocenters. The lowest BCUT2D eigenvalue weighted by Gasteiger charge is -2.11. The number of thiocarbonyl (C=S) groups is 1. The van der Waals surface area contributed by atoms with E-state index in [-0.39, 0.29) is 16.2 Å². The molecule has 5 nitrogen and oxygen atoms in total. The molecule has 7 heteroatoms. The van der Waals surface area contributed by atoms with Crippen LogP contribution in [-0.4, -0.2) is 17.0 Å². The first kappa shape index (κ1) is 15.6. The van der Waals surface area contributed by atoms with E-state index in [0.717, 1.165) is 6.07 Å². The fourth-order valence-corrected chi connectivity index (χ4v) is 1.90. The Morgan fingerprint density at radius 1 is 1.05 bits per heavy atom. The topological polar surface area (TPSA) is 81.3 Å². The lowest BCUT2D eigenvalue weighted by Crippen LogP contribution is -2.34. The van der Waals surface area contributed by atoms with Crippen molar-refractivity contribution in [3.8, 4) is 0 Å². The van der Waals surface area contributed by atoms with Gasteiger partial charge in [0.15, 0.2) is 5.11 Å². The van der Waals surface area contributed by atoms with Crippen LogP contribution in [0.15, 0.2) is 48.5 Å². The Morgan fingerprint density at radius 2 is 1.73 bits per heavy atom. The summed E-state index contributed by atoms with van der Waals surface area (Å²) in [6, 6.07) is 10.9. The van der Waals surface area contributed by atoms with Gasteiger partial charge in [0.2, 0.25) is 0 Å². The number of anilines is 1.